The summed E-state index contributed by atoms with van der Waals surface area (Å²) in [4.78, 5) is 19.0. The van der Waals surface area contributed by atoms with E-state index in [4.69, 9.17) is 0 Å². The number of pyridine rings is 1. The second-order valence-electron chi connectivity index (χ2n) is 6.75. The summed E-state index contributed by atoms with van der Waals surface area (Å²) in [5.41, 5.74) is 3.57. The topological polar surface area (TPSA) is 33.2 Å². The van der Waals surface area contributed by atoms with E-state index in [0.29, 0.717) is 25.4 Å². The van der Waals surface area contributed by atoms with E-state index in [2.05, 4.69) is 48.3 Å². The second-order valence-corrected chi connectivity index (χ2v) is 6.75. The molecule has 1 aliphatic carbocycles. The van der Waals surface area contributed by atoms with E-state index < -0.39 is 0 Å². The van der Waals surface area contributed by atoms with E-state index in [1.165, 1.54) is 11.1 Å². The first-order valence-corrected chi connectivity index (χ1v) is 9.15. The molecular weight excluding hydrogens is 308 g/mol. The van der Waals surface area contributed by atoms with Crippen LogP contribution in [-0.4, -0.2) is 15.8 Å². The van der Waals surface area contributed by atoms with Crippen molar-refractivity contribution in [2.24, 2.45) is 5.92 Å². The number of nitrogens with zero attached hydrogens (tertiary/aromatic N) is 2. The molecule has 25 heavy (non-hydrogen) atoms. The van der Waals surface area contributed by atoms with Crippen LogP contribution in [0.15, 0.2) is 60.9 Å². The Labute approximate surface area is 150 Å². The molecule has 1 unspecified atom stereocenters. The van der Waals surface area contributed by atoms with E-state index in [1.54, 1.807) is 6.20 Å². The summed E-state index contributed by atoms with van der Waals surface area (Å²) in [6.07, 6.45) is 11.8. The molecule has 1 aromatic carbocycles. The van der Waals surface area contributed by atoms with Gasteiger partial charge in [0.2, 0.25) is 5.91 Å². The van der Waals surface area contributed by atoms with Gasteiger partial charge >= 0.3 is 0 Å². The van der Waals surface area contributed by atoms with Crippen LogP contribution in [0, 0.1) is 5.92 Å². The van der Waals surface area contributed by atoms with E-state index >= 15 is 0 Å². The van der Waals surface area contributed by atoms with Crippen LogP contribution >= 0.6 is 0 Å². The number of benzene rings is 1. The van der Waals surface area contributed by atoms with Gasteiger partial charge in [0, 0.05) is 31.9 Å². The maximum Gasteiger partial charge on any atom is 0.223 e. The maximum absolute atomic E-state index is 12.9. The highest BCUT2D eigenvalue weighted by Gasteiger charge is 2.20. The standard InChI is InChI=1S/C22H26N2O/c1-2-18-9-11-20(12-10-18)16-24(17-21-8-5-13-23-15-21)22(25)14-19-6-3-4-7-19/h3,5-6,8-13,15,19H,2,4,7,14,16-17H2,1H3. The molecule has 1 atom stereocenters. The molecule has 3 rings (SSSR count). The molecule has 0 aliphatic heterocycles. The zero-order valence-corrected chi connectivity index (χ0v) is 14.9. The van der Waals surface area contributed by atoms with Gasteiger partial charge in [-0.15, -0.1) is 0 Å². The lowest BCUT2D eigenvalue weighted by Gasteiger charge is -2.24. The zero-order chi connectivity index (χ0) is 17.5. The highest BCUT2D eigenvalue weighted by Crippen LogP contribution is 2.22. The molecule has 1 aromatic heterocycles. The number of aryl methyl sites for hydroxylation is 1. The molecule has 1 amide bonds. The van der Waals surface area contributed by atoms with Crippen molar-refractivity contribution in [2.45, 2.75) is 45.7 Å². The van der Waals surface area contributed by atoms with Gasteiger partial charge < -0.3 is 4.90 Å². The number of allylic oxidation sites excluding steroid dienone is 2. The van der Waals surface area contributed by atoms with Crippen molar-refractivity contribution in [1.82, 2.24) is 9.88 Å². The summed E-state index contributed by atoms with van der Waals surface area (Å²) in [6, 6.07) is 12.5. The Kier molecular flexibility index (Phi) is 5.99. The Balaban J connectivity index is 1.72. The van der Waals surface area contributed by atoms with Crippen LogP contribution in [0.25, 0.3) is 0 Å². The normalized spacial score (nSPS) is 16.1. The summed E-state index contributed by atoms with van der Waals surface area (Å²) in [5, 5.41) is 0. The molecule has 0 fully saturated rings. The SMILES string of the molecule is CCc1ccc(CN(Cc2cccnc2)C(=O)CC2C=CCC2)cc1. The van der Waals surface area contributed by atoms with Gasteiger partial charge in [-0.25, -0.2) is 0 Å². The molecule has 0 bridgehead atoms. The molecule has 0 radical (unpaired) electrons. The molecule has 0 N–H and O–H groups in total. The number of carbonyl (C=O) groups is 1. The van der Waals surface area contributed by atoms with Gasteiger partial charge in [0.25, 0.3) is 0 Å². The van der Waals surface area contributed by atoms with Crippen LogP contribution in [0.5, 0.6) is 0 Å². The average molecular weight is 334 g/mol. The van der Waals surface area contributed by atoms with Gasteiger partial charge in [0.15, 0.2) is 0 Å². The number of hydrogen-bond donors (Lipinski definition) is 0. The van der Waals surface area contributed by atoms with Crippen LogP contribution in [0.4, 0.5) is 0 Å². The Morgan fingerprint density at radius 2 is 1.88 bits per heavy atom. The molecule has 3 heteroatoms. The first-order valence-electron chi connectivity index (χ1n) is 9.15. The summed E-state index contributed by atoms with van der Waals surface area (Å²) in [6.45, 7) is 3.41. The van der Waals surface area contributed by atoms with Crippen LogP contribution in [0.1, 0.15) is 42.9 Å². The fourth-order valence-corrected chi connectivity index (χ4v) is 3.26. The lowest BCUT2D eigenvalue weighted by atomic mass is 10.0. The minimum absolute atomic E-state index is 0.222. The van der Waals surface area contributed by atoms with Gasteiger partial charge in [-0.2, -0.15) is 0 Å². The van der Waals surface area contributed by atoms with E-state index in [-0.39, 0.29) is 5.91 Å². The van der Waals surface area contributed by atoms with Crippen LogP contribution in [-0.2, 0) is 24.3 Å². The quantitative estimate of drug-likeness (QED) is 0.697. The third kappa shape index (κ3) is 5.02. The maximum atomic E-state index is 12.9. The summed E-state index contributed by atoms with van der Waals surface area (Å²) < 4.78 is 0. The summed E-state index contributed by atoms with van der Waals surface area (Å²) in [7, 11) is 0. The number of carbonyl (C=O) groups excluding carboxylic acids is 1. The molecule has 3 nitrogen and oxygen atoms in total. The Morgan fingerprint density at radius 1 is 1.12 bits per heavy atom. The van der Waals surface area contributed by atoms with Gasteiger partial charge in [-0.05, 0) is 47.9 Å². The predicted octanol–water partition coefficient (Wildman–Crippen LogP) is 4.53. The fraction of sp³-hybridized carbons (Fsp3) is 0.364. The van der Waals surface area contributed by atoms with Crippen LogP contribution in [0.3, 0.4) is 0 Å². The van der Waals surface area contributed by atoms with E-state index in [0.717, 1.165) is 24.8 Å². The summed E-state index contributed by atoms with van der Waals surface area (Å²) >= 11 is 0. The molecule has 0 saturated carbocycles. The molecule has 0 saturated heterocycles. The monoisotopic (exact) mass is 334 g/mol. The van der Waals surface area contributed by atoms with Crippen LogP contribution < -0.4 is 0 Å². The van der Waals surface area contributed by atoms with Crippen molar-refractivity contribution >= 4 is 5.91 Å². The smallest absolute Gasteiger partial charge is 0.223 e. The van der Waals surface area contributed by atoms with Gasteiger partial charge in [-0.1, -0.05) is 49.4 Å². The number of aromatic nitrogens is 1. The van der Waals surface area contributed by atoms with Gasteiger partial charge in [0.05, 0.1) is 0 Å². The van der Waals surface area contributed by atoms with Crippen molar-refractivity contribution in [3.8, 4) is 0 Å². The van der Waals surface area contributed by atoms with E-state index in [1.807, 2.05) is 23.2 Å². The second kappa shape index (κ2) is 8.61. The minimum atomic E-state index is 0.222. The van der Waals surface area contributed by atoms with Crippen molar-refractivity contribution in [3.05, 3.63) is 77.6 Å². The first kappa shape index (κ1) is 17.4. The highest BCUT2D eigenvalue weighted by atomic mass is 16.2. The number of amides is 1. The molecule has 1 aliphatic rings. The molecule has 2 aromatic rings. The third-order valence-electron chi connectivity index (χ3n) is 4.80. The first-order chi connectivity index (χ1) is 12.2. The molecule has 130 valence electrons. The summed E-state index contributed by atoms with van der Waals surface area (Å²) in [5.74, 6) is 0.617. The average Bonchev–Trinajstić information content (AvgIpc) is 3.15. The Morgan fingerprint density at radius 3 is 2.52 bits per heavy atom. The number of rotatable bonds is 7. The Hall–Kier alpha value is -2.42. The van der Waals surface area contributed by atoms with Crippen molar-refractivity contribution in [1.29, 1.82) is 0 Å². The van der Waals surface area contributed by atoms with Crippen molar-refractivity contribution < 1.29 is 4.79 Å². The minimum Gasteiger partial charge on any atom is -0.334 e. The highest BCUT2D eigenvalue weighted by molar-refractivity contribution is 5.76. The predicted molar refractivity (Wildman–Crippen MR) is 101 cm³/mol. The van der Waals surface area contributed by atoms with Gasteiger partial charge in [-0.3, -0.25) is 9.78 Å². The van der Waals surface area contributed by atoms with Crippen LogP contribution in [0.2, 0.25) is 0 Å². The van der Waals surface area contributed by atoms with E-state index in [9.17, 15) is 4.79 Å². The Bertz CT molecular complexity index is 707. The number of hydrogen-bond acceptors (Lipinski definition) is 2. The van der Waals surface area contributed by atoms with Crippen molar-refractivity contribution in [3.63, 3.8) is 0 Å². The van der Waals surface area contributed by atoms with Crippen molar-refractivity contribution in [2.75, 3.05) is 0 Å². The largest absolute Gasteiger partial charge is 0.334 e. The van der Waals surface area contributed by atoms with Gasteiger partial charge in [0.1, 0.15) is 0 Å². The lowest BCUT2D eigenvalue weighted by Crippen LogP contribution is -2.31. The molecular formula is C22H26N2O. The third-order valence-corrected chi connectivity index (χ3v) is 4.80. The molecule has 0 spiro atoms. The molecule has 1 heterocycles. The zero-order valence-electron chi connectivity index (χ0n) is 14.9. The fourth-order valence-electron chi connectivity index (χ4n) is 3.26. The lowest BCUT2D eigenvalue weighted by molar-refractivity contribution is -0.133.